The lowest BCUT2D eigenvalue weighted by Gasteiger charge is -2.16. The van der Waals surface area contributed by atoms with Crippen molar-refractivity contribution in [3.8, 4) is 5.88 Å². The largest absolute Gasteiger partial charge is 0.593 e. The van der Waals surface area contributed by atoms with Crippen molar-refractivity contribution >= 4 is 45.3 Å². The molecule has 8 heteroatoms. The number of hydrogen-bond donors (Lipinski definition) is 2. The third-order valence-corrected chi connectivity index (χ3v) is 6.34. The topological polar surface area (TPSA) is 100 Å². The Bertz CT molecular complexity index is 1070. The summed E-state index contributed by atoms with van der Waals surface area (Å²) < 4.78 is 18.3. The van der Waals surface area contributed by atoms with E-state index in [2.05, 4.69) is 10.3 Å². The van der Waals surface area contributed by atoms with E-state index < -0.39 is 11.4 Å². The van der Waals surface area contributed by atoms with Crippen LogP contribution in [0.4, 0.5) is 5.69 Å². The maximum Gasteiger partial charge on any atom is 0.228 e. The highest BCUT2D eigenvalue weighted by atomic mass is 35.5. The molecule has 1 fully saturated rings. The van der Waals surface area contributed by atoms with Gasteiger partial charge in [0.2, 0.25) is 11.8 Å². The number of hydrogen-bond acceptors (Lipinski definition) is 5. The normalized spacial score (nSPS) is 15.3. The van der Waals surface area contributed by atoms with Crippen LogP contribution in [0, 0.1) is 0 Å². The molecule has 0 radical (unpaired) electrons. The lowest BCUT2D eigenvalue weighted by atomic mass is 10.1. The Morgan fingerprint density at radius 1 is 1.23 bits per heavy atom. The molecule has 3 N–H and O–H groups in total. The Labute approximate surface area is 183 Å². The summed E-state index contributed by atoms with van der Waals surface area (Å²) >= 11 is 4.42. The second-order valence-electron chi connectivity index (χ2n) is 7.32. The molecule has 2 aromatic carbocycles. The highest BCUT2D eigenvalue weighted by Crippen LogP contribution is 2.34. The van der Waals surface area contributed by atoms with E-state index in [1.807, 2.05) is 12.1 Å². The summed E-state index contributed by atoms with van der Waals surface area (Å²) in [5.41, 5.74) is 1.21. The molecule has 0 spiro atoms. The van der Waals surface area contributed by atoms with Crippen molar-refractivity contribution in [3.05, 3.63) is 59.2 Å². The van der Waals surface area contributed by atoms with Gasteiger partial charge in [0.05, 0.1) is 23.2 Å². The molecule has 0 saturated heterocycles. The van der Waals surface area contributed by atoms with Crippen molar-refractivity contribution in [1.29, 1.82) is 0 Å². The summed E-state index contributed by atoms with van der Waals surface area (Å²) in [5, 5.41) is 10.5. The van der Waals surface area contributed by atoms with Crippen molar-refractivity contribution in [2.45, 2.75) is 43.1 Å². The molecule has 0 bridgehead atoms. The first-order chi connectivity index (χ1) is 14.5. The highest BCUT2D eigenvalue weighted by molar-refractivity contribution is 7.89. The Balaban J connectivity index is 1.65. The van der Waals surface area contributed by atoms with Gasteiger partial charge in [-0.25, -0.2) is 4.98 Å². The number of nitrogens with two attached hydrogens (primary N) is 1. The molecule has 156 valence electrons. The average Bonchev–Trinajstić information content (AvgIpc) is 3.22. The number of nitrogens with one attached hydrogen (secondary N) is 1. The maximum atomic E-state index is 12.6. The number of halogens is 1. The number of anilines is 1. The first-order valence-corrected chi connectivity index (χ1v) is 11.4. The van der Waals surface area contributed by atoms with E-state index in [9.17, 15) is 9.35 Å². The van der Waals surface area contributed by atoms with E-state index in [-0.39, 0.29) is 18.4 Å². The van der Waals surface area contributed by atoms with Crippen LogP contribution in [-0.2, 0) is 22.6 Å². The van der Waals surface area contributed by atoms with Crippen LogP contribution in [0.15, 0.2) is 53.6 Å². The van der Waals surface area contributed by atoms with Gasteiger partial charge in [-0.15, -0.1) is 5.14 Å². The molecule has 1 heterocycles. The molecule has 30 heavy (non-hydrogen) atoms. The zero-order chi connectivity index (χ0) is 21.1. The van der Waals surface area contributed by atoms with Gasteiger partial charge in [0.15, 0.2) is 4.90 Å². The van der Waals surface area contributed by atoms with Crippen molar-refractivity contribution in [2.24, 2.45) is 5.14 Å². The van der Waals surface area contributed by atoms with Gasteiger partial charge in [0.25, 0.3) is 0 Å². The molecule has 4 rings (SSSR count). The summed E-state index contributed by atoms with van der Waals surface area (Å²) in [4.78, 5) is 17.4. The Hall–Kier alpha value is -2.32. The number of carbonyl (C=O) groups is 1. The molecule has 3 aromatic rings. The second kappa shape index (κ2) is 9.22. The fourth-order valence-corrected chi connectivity index (χ4v) is 4.58. The summed E-state index contributed by atoms with van der Waals surface area (Å²) in [6, 6.07) is 12.4. The van der Waals surface area contributed by atoms with E-state index in [4.69, 9.17) is 21.5 Å². The van der Waals surface area contributed by atoms with Gasteiger partial charge < -0.3 is 14.6 Å². The van der Waals surface area contributed by atoms with Crippen LogP contribution >= 0.6 is 11.6 Å². The lowest BCUT2D eigenvalue weighted by molar-refractivity contribution is -0.115. The number of carbonyl (C=O) groups excluding carboxylic acids is 1. The van der Waals surface area contributed by atoms with Gasteiger partial charge in [0.1, 0.15) is 6.10 Å². The van der Waals surface area contributed by atoms with Gasteiger partial charge in [0, 0.05) is 28.4 Å². The van der Waals surface area contributed by atoms with E-state index >= 15 is 0 Å². The number of fused-ring (bicyclic) bond motifs is 1. The predicted octanol–water partition coefficient (Wildman–Crippen LogP) is 4.37. The van der Waals surface area contributed by atoms with E-state index in [1.54, 1.807) is 36.5 Å². The van der Waals surface area contributed by atoms with Crippen LogP contribution < -0.4 is 15.2 Å². The number of pyridine rings is 1. The zero-order valence-corrected chi connectivity index (χ0v) is 17.8. The molecular weight excluding hydrogens is 422 g/mol. The van der Waals surface area contributed by atoms with Crippen LogP contribution in [-0.4, -0.2) is 21.5 Å². The van der Waals surface area contributed by atoms with Gasteiger partial charge in [-0.2, -0.15) is 0 Å². The van der Waals surface area contributed by atoms with Crippen LogP contribution in [0.25, 0.3) is 10.8 Å². The van der Waals surface area contributed by atoms with Gasteiger partial charge in [-0.1, -0.05) is 29.8 Å². The SMILES string of the molecule is N[S+]([O-])c1cc(NC(=O)Cc2ccccc2Cl)cc2c(OC3CCCC3)nccc12. The number of ether oxygens (including phenoxy) is 1. The minimum Gasteiger partial charge on any atom is -0.593 e. The predicted molar refractivity (Wildman–Crippen MR) is 119 cm³/mol. The molecule has 1 amide bonds. The smallest absolute Gasteiger partial charge is 0.228 e. The zero-order valence-electron chi connectivity index (χ0n) is 16.3. The summed E-state index contributed by atoms with van der Waals surface area (Å²) in [6.45, 7) is 0. The Kier molecular flexibility index (Phi) is 6.43. The average molecular weight is 444 g/mol. The third kappa shape index (κ3) is 4.70. The molecule has 0 aliphatic heterocycles. The van der Waals surface area contributed by atoms with Gasteiger partial charge in [-0.3, -0.25) is 4.79 Å². The number of amides is 1. The molecule has 1 aliphatic rings. The van der Waals surface area contributed by atoms with Crippen LogP contribution in [0.3, 0.4) is 0 Å². The first kappa shape index (κ1) is 20.9. The summed E-state index contributed by atoms with van der Waals surface area (Å²) in [7, 11) is 0. The minimum atomic E-state index is -1.74. The number of benzene rings is 2. The quantitative estimate of drug-likeness (QED) is 0.551. The van der Waals surface area contributed by atoms with Crippen LogP contribution in [0.1, 0.15) is 31.2 Å². The number of nitrogens with zero attached hydrogens (tertiary/aromatic N) is 1. The fraction of sp³-hybridized carbons (Fsp3) is 0.273. The maximum absolute atomic E-state index is 12.6. The third-order valence-electron chi connectivity index (χ3n) is 5.20. The molecule has 1 unspecified atom stereocenters. The monoisotopic (exact) mass is 443 g/mol. The van der Waals surface area contributed by atoms with Crippen molar-refractivity contribution < 1.29 is 14.1 Å². The molecular formula is C22H22ClN3O3S. The summed E-state index contributed by atoms with van der Waals surface area (Å²) in [5.74, 6) is 0.228. The van der Waals surface area contributed by atoms with Gasteiger partial charge in [-0.05, 0) is 49.4 Å². The van der Waals surface area contributed by atoms with Crippen molar-refractivity contribution in [2.75, 3.05) is 5.32 Å². The van der Waals surface area contributed by atoms with E-state index in [0.29, 0.717) is 32.3 Å². The first-order valence-electron chi connectivity index (χ1n) is 9.80. The van der Waals surface area contributed by atoms with Crippen LogP contribution in [0.5, 0.6) is 5.88 Å². The number of rotatable bonds is 6. The molecule has 6 nitrogen and oxygen atoms in total. The standard InChI is InChI=1S/C22H22ClN3O3S/c23-19-8-4-1-5-14(19)11-21(27)26-15-12-18-17(20(13-15)30(24)28)9-10-25-22(18)29-16-6-2-3-7-16/h1,4-5,8-10,12-13,16H,2-3,6-7,11,24H2,(H,26,27). The lowest BCUT2D eigenvalue weighted by Crippen LogP contribution is -2.17. The van der Waals surface area contributed by atoms with Gasteiger partial charge >= 0.3 is 0 Å². The molecule has 1 saturated carbocycles. The summed E-state index contributed by atoms with van der Waals surface area (Å²) in [6.07, 6.45) is 6.11. The minimum absolute atomic E-state index is 0.119. The Morgan fingerprint density at radius 3 is 2.73 bits per heavy atom. The number of aromatic nitrogens is 1. The van der Waals surface area contributed by atoms with E-state index in [0.717, 1.165) is 31.2 Å². The van der Waals surface area contributed by atoms with Crippen molar-refractivity contribution in [3.63, 3.8) is 0 Å². The molecule has 1 atom stereocenters. The Morgan fingerprint density at radius 2 is 2.00 bits per heavy atom. The second-order valence-corrected chi connectivity index (χ2v) is 8.77. The van der Waals surface area contributed by atoms with Crippen molar-refractivity contribution in [1.82, 2.24) is 4.98 Å². The molecule has 1 aliphatic carbocycles. The highest BCUT2D eigenvalue weighted by Gasteiger charge is 2.21. The van der Waals surface area contributed by atoms with E-state index in [1.165, 1.54) is 0 Å². The fourth-order valence-electron chi connectivity index (χ4n) is 3.74. The molecule has 1 aromatic heterocycles. The van der Waals surface area contributed by atoms with Crippen LogP contribution in [0.2, 0.25) is 5.02 Å².